The van der Waals surface area contributed by atoms with Gasteiger partial charge in [-0.2, -0.15) is 13.2 Å². The topological polar surface area (TPSA) is 100 Å². The van der Waals surface area contributed by atoms with Gasteiger partial charge in [-0.05, 0) is 30.7 Å². The fourth-order valence-corrected chi connectivity index (χ4v) is 4.43. The molecule has 0 fully saturated rings. The highest BCUT2D eigenvalue weighted by Crippen LogP contribution is 2.33. The van der Waals surface area contributed by atoms with Crippen LogP contribution in [-0.2, 0) is 22.0 Å². The zero-order valence-electron chi connectivity index (χ0n) is 13.7. The Labute approximate surface area is 161 Å². The predicted molar refractivity (Wildman–Crippen MR) is 93.8 cm³/mol. The molecule has 0 saturated carbocycles. The second-order valence-corrected chi connectivity index (χ2v) is 8.01. The van der Waals surface area contributed by atoms with Crippen LogP contribution in [0, 0.1) is 0 Å². The van der Waals surface area contributed by atoms with E-state index >= 15 is 0 Å². The van der Waals surface area contributed by atoms with Crippen molar-refractivity contribution in [3.63, 3.8) is 0 Å². The maximum absolute atomic E-state index is 12.9. The average Bonchev–Trinajstić information content (AvgIpc) is 2.56. The van der Waals surface area contributed by atoms with Crippen molar-refractivity contribution < 1.29 is 31.5 Å². The van der Waals surface area contributed by atoms with Gasteiger partial charge in [0.1, 0.15) is 0 Å². The van der Waals surface area contributed by atoms with E-state index in [9.17, 15) is 31.5 Å². The molecule has 0 aliphatic rings. The third-order valence-electron chi connectivity index (χ3n) is 3.45. The van der Waals surface area contributed by atoms with E-state index in [1.165, 1.54) is 6.92 Å². The van der Waals surface area contributed by atoms with Crippen molar-refractivity contribution in [2.24, 2.45) is 0 Å². The number of alkyl halides is 3. The van der Waals surface area contributed by atoms with Crippen LogP contribution in [-0.4, -0.2) is 36.0 Å². The van der Waals surface area contributed by atoms with Gasteiger partial charge >= 0.3 is 12.1 Å². The molecule has 7 nitrogen and oxygen atoms in total. The molecule has 0 bridgehead atoms. The molecule has 0 aliphatic heterocycles. The third kappa shape index (κ3) is 4.75. The smallest absolute Gasteiger partial charge is 0.416 e. The minimum atomic E-state index is -4.63. The number of nitrogens with zero attached hydrogens (tertiary/aromatic N) is 3. The fraction of sp³-hybridized carbons (Fsp3) is 0.267. The first kappa shape index (κ1) is 21.1. The van der Waals surface area contributed by atoms with E-state index in [4.69, 9.17) is 0 Å². The van der Waals surface area contributed by atoms with Crippen LogP contribution in [0.3, 0.4) is 0 Å². The van der Waals surface area contributed by atoms with Crippen LogP contribution in [0.25, 0.3) is 0 Å². The van der Waals surface area contributed by atoms with E-state index in [2.05, 4.69) is 25.9 Å². The molecule has 1 aromatic heterocycles. The van der Waals surface area contributed by atoms with Crippen LogP contribution in [0.15, 0.2) is 35.1 Å². The van der Waals surface area contributed by atoms with Gasteiger partial charge in [0, 0.05) is 23.4 Å². The fourth-order valence-electron chi connectivity index (χ4n) is 2.28. The Morgan fingerprint density at radius 2 is 1.89 bits per heavy atom. The van der Waals surface area contributed by atoms with Crippen molar-refractivity contribution in [3.05, 3.63) is 51.9 Å². The molecular weight excluding hydrogens is 455 g/mol. The molecule has 1 heterocycles. The van der Waals surface area contributed by atoms with Gasteiger partial charge in [0.25, 0.3) is 0 Å². The van der Waals surface area contributed by atoms with E-state index in [0.29, 0.717) is 4.31 Å². The number of carboxylic acids is 1. The molecule has 146 valence electrons. The molecule has 0 aliphatic carbocycles. The number of carboxylic acid groups (broad SMARTS) is 1. The summed E-state index contributed by atoms with van der Waals surface area (Å²) in [4.78, 5) is 18.7. The monoisotopic (exact) mass is 467 g/mol. The van der Waals surface area contributed by atoms with E-state index in [1.54, 1.807) is 0 Å². The first-order chi connectivity index (χ1) is 12.5. The summed E-state index contributed by atoms with van der Waals surface area (Å²) in [7, 11) is -4.25. The molecule has 0 saturated heterocycles. The van der Waals surface area contributed by atoms with E-state index in [0.717, 1.165) is 30.6 Å². The Kier molecular flexibility index (Phi) is 6.10. The number of aromatic carboxylic acids is 1. The average molecular weight is 468 g/mol. The van der Waals surface area contributed by atoms with Gasteiger partial charge in [0.05, 0.1) is 11.3 Å². The highest BCUT2D eigenvalue weighted by atomic mass is 79.9. The number of benzene rings is 1. The number of carbonyl (C=O) groups is 1. The second kappa shape index (κ2) is 7.80. The molecule has 0 amide bonds. The highest BCUT2D eigenvalue weighted by molar-refractivity contribution is 9.10. The van der Waals surface area contributed by atoms with E-state index in [1.807, 2.05) is 0 Å². The minimum Gasteiger partial charge on any atom is -0.476 e. The number of sulfonamides is 1. The Hall–Kier alpha value is -2.21. The van der Waals surface area contributed by atoms with Gasteiger partial charge < -0.3 is 5.11 Å². The van der Waals surface area contributed by atoms with Gasteiger partial charge in [-0.1, -0.05) is 15.9 Å². The minimum absolute atomic E-state index is 0.121. The summed E-state index contributed by atoms with van der Waals surface area (Å²) >= 11 is 3.04. The van der Waals surface area contributed by atoms with Crippen LogP contribution >= 0.6 is 15.9 Å². The number of hydrogen-bond donors (Lipinski definition) is 1. The summed E-state index contributed by atoms with van der Waals surface area (Å²) in [6, 6.07) is 2.65. The van der Waals surface area contributed by atoms with Gasteiger partial charge in [-0.25, -0.2) is 23.2 Å². The SMILES string of the molecule is CCN(c1nccnc1C(=O)O)S(=O)(=O)Cc1cc(C(F)(F)F)ccc1Br. The summed E-state index contributed by atoms with van der Waals surface area (Å²) in [6.45, 7) is 1.26. The highest BCUT2D eigenvalue weighted by Gasteiger charge is 2.33. The Balaban J connectivity index is 2.48. The Bertz CT molecular complexity index is 967. The van der Waals surface area contributed by atoms with Gasteiger partial charge in [-0.3, -0.25) is 4.31 Å². The predicted octanol–water partition coefficient (Wildman–Crippen LogP) is 3.31. The maximum Gasteiger partial charge on any atom is 0.416 e. The molecule has 2 aromatic rings. The van der Waals surface area contributed by atoms with Gasteiger partial charge in [0.15, 0.2) is 11.5 Å². The van der Waals surface area contributed by atoms with Crippen molar-refractivity contribution >= 4 is 37.7 Å². The van der Waals surface area contributed by atoms with Crippen molar-refractivity contribution in [1.82, 2.24) is 9.97 Å². The second-order valence-electron chi connectivity index (χ2n) is 5.26. The molecule has 12 heteroatoms. The lowest BCUT2D eigenvalue weighted by Gasteiger charge is -2.23. The quantitative estimate of drug-likeness (QED) is 0.699. The number of halogens is 4. The lowest BCUT2D eigenvalue weighted by atomic mass is 10.1. The third-order valence-corrected chi connectivity index (χ3v) is 6.00. The summed E-state index contributed by atoms with van der Waals surface area (Å²) in [6.07, 6.45) is -2.41. The van der Waals surface area contributed by atoms with Crippen molar-refractivity contribution in [3.8, 4) is 0 Å². The Morgan fingerprint density at radius 3 is 2.44 bits per heavy atom. The lowest BCUT2D eigenvalue weighted by molar-refractivity contribution is -0.137. The number of aromatic nitrogens is 2. The Morgan fingerprint density at radius 1 is 1.26 bits per heavy atom. The number of anilines is 1. The van der Waals surface area contributed by atoms with E-state index in [-0.39, 0.29) is 16.6 Å². The molecule has 0 spiro atoms. The number of rotatable bonds is 6. The van der Waals surface area contributed by atoms with Crippen molar-refractivity contribution in [2.75, 3.05) is 10.8 Å². The first-order valence-electron chi connectivity index (χ1n) is 7.37. The molecule has 27 heavy (non-hydrogen) atoms. The molecule has 0 unspecified atom stereocenters. The largest absolute Gasteiger partial charge is 0.476 e. The van der Waals surface area contributed by atoms with Crippen LogP contribution in [0.2, 0.25) is 0 Å². The van der Waals surface area contributed by atoms with Gasteiger partial charge in [0.2, 0.25) is 10.0 Å². The van der Waals surface area contributed by atoms with Gasteiger partial charge in [-0.15, -0.1) is 0 Å². The normalized spacial score (nSPS) is 12.0. The zero-order valence-corrected chi connectivity index (χ0v) is 16.1. The number of hydrogen-bond acceptors (Lipinski definition) is 5. The summed E-state index contributed by atoms with van der Waals surface area (Å²) in [5.74, 6) is -2.68. The molecule has 1 aromatic carbocycles. The van der Waals surface area contributed by atoms with E-state index < -0.39 is 45.0 Å². The molecular formula is C15H13BrF3N3O4S. The maximum atomic E-state index is 12.9. The zero-order chi connectivity index (χ0) is 20.4. The standard InChI is InChI=1S/C15H13BrF3N3O4S/c1-2-22(13-12(14(23)24)20-5-6-21-13)27(25,26)8-9-7-10(15(17,18)19)3-4-11(9)16/h3-7H,2,8H2,1H3,(H,23,24). The summed E-state index contributed by atoms with van der Waals surface area (Å²) < 4.78 is 65.2. The van der Waals surface area contributed by atoms with Crippen LogP contribution in [0.5, 0.6) is 0 Å². The van der Waals surface area contributed by atoms with Crippen molar-refractivity contribution in [1.29, 1.82) is 0 Å². The summed E-state index contributed by atoms with van der Waals surface area (Å²) in [5.41, 5.74) is -1.69. The van der Waals surface area contributed by atoms with Crippen LogP contribution in [0.4, 0.5) is 19.0 Å². The summed E-state index contributed by atoms with van der Waals surface area (Å²) in [5, 5.41) is 9.18. The molecule has 0 atom stereocenters. The lowest BCUT2D eigenvalue weighted by Crippen LogP contribution is -2.34. The van der Waals surface area contributed by atoms with Crippen LogP contribution in [0.1, 0.15) is 28.5 Å². The van der Waals surface area contributed by atoms with Crippen molar-refractivity contribution in [2.45, 2.75) is 18.9 Å². The van der Waals surface area contributed by atoms with Crippen LogP contribution < -0.4 is 4.31 Å². The molecule has 1 N–H and O–H groups in total. The molecule has 2 rings (SSSR count). The first-order valence-corrected chi connectivity index (χ1v) is 9.78. The molecule has 0 radical (unpaired) electrons.